The Morgan fingerprint density at radius 2 is 2.00 bits per heavy atom. The molecule has 0 unspecified atom stereocenters. The molecule has 3 aromatic rings. The fraction of sp³-hybridized carbons (Fsp3) is 0.636. The number of thiophene rings is 1. The first-order valence-electron chi connectivity index (χ1n) is 11.0. The second-order valence-electron chi connectivity index (χ2n) is 9.66. The number of carbonyl (C=O) groups excluding carboxylic acids is 1. The standard InChI is InChI=1S/C22H30N6OS/c1-5-26-8-10-27(11-9-26)21(29)18-24-19-17-15-7-6-14(22(2,3)4)12-16(15)30-20(17)23-13-28(19)25-18/h13-14H,5-12H2,1-4H3/t14-/m1/s1. The number of rotatable bonds is 2. The lowest BCUT2D eigenvalue weighted by atomic mass is 9.72. The van der Waals surface area contributed by atoms with Crippen LogP contribution in [0, 0.1) is 11.3 Å². The van der Waals surface area contributed by atoms with Gasteiger partial charge in [0.05, 0.1) is 5.39 Å². The van der Waals surface area contributed by atoms with Crippen LogP contribution in [0.15, 0.2) is 6.33 Å². The van der Waals surface area contributed by atoms with Gasteiger partial charge in [0.25, 0.3) is 5.91 Å². The monoisotopic (exact) mass is 426 g/mol. The average Bonchev–Trinajstić information content (AvgIpc) is 3.33. The number of nitrogens with zero attached hydrogens (tertiary/aromatic N) is 6. The van der Waals surface area contributed by atoms with Crippen molar-refractivity contribution in [3.05, 3.63) is 22.6 Å². The fourth-order valence-corrected chi connectivity index (χ4v) is 6.07. The van der Waals surface area contributed by atoms with Gasteiger partial charge in [0.1, 0.15) is 11.2 Å². The normalized spacial score (nSPS) is 20.8. The van der Waals surface area contributed by atoms with Crippen molar-refractivity contribution in [3.8, 4) is 0 Å². The van der Waals surface area contributed by atoms with Crippen LogP contribution in [-0.2, 0) is 12.8 Å². The van der Waals surface area contributed by atoms with Crippen molar-refractivity contribution in [2.75, 3.05) is 32.7 Å². The molecule has 0 aromatic carbocycles. The smallest absolute Gasteiger partial charge is 0.293 e. The third-order valence-corrected chi connectivity index (χ3v) is 8.07. The highest BCUT2D eigenvalue weighted by Crippen LogP contribution is 2.43. The molecule has 3 aromatic heterocycles. The Kier molecular flexibility index (Phi) is 4.82. The van der Waals surface area contributed by atoms with Gasteiger partial charge in [-0.15, -0.1) is 16.4 Å². The second-order valence-corrected chi connectivity index (χ2v) is 10.7. The Morgan fingerprint density at radius 3 is 2.70 bits per heavy atom. The quantitative estimate of drug-likeness (QED) is 0.629. The lowest BCUT2D eigenvalue weighted by Gasteiger charge is -2.33. The zero-order chi connectivity index (χ0) is 21.0. The summed E-state index contributed by atoms with van der Waals surface area (Å²) >= 11 is 1.79. The largest absolute Gasteiger partial charge is 0.333 e. The van der Waals surface area contributed by atoms with Crippen LogP contribution in [-0.4, -0.2) is 68.0 Å². The minimum Gasteiger partial charge on any atom is -0.333 e. The van der Waals surface area contributed by atoms with E-state index in [0.717, 1.165) is 61.4 Å². The summed E-state index contributed by atoms with van der Waals surface area (Å²) in [5.41, 5.74) is 2.46. The van der Waals surface area contributed by atoms with Gasteiger partial charge in [-0.1, -0.05) is 27.7 Å². The minimum atomic E-state index is -0.0699. The molecule has 160 valence electrons. The Labute approximate surface area is 181 Å². The van der Waals surface area contributed by atoms with Crippen molar-refractivity contribution in [3.63, 3.8) is 0 Å². The number of aryl methyl sites for hydroxylation is 1. The topological polar surface area (TPSA) is 66.6 Å². The van der Waals surface area contributed by atoms with Gasteiger partial charge >= 0.3 is 0 Å². The molecule has 4 heterocycles. The number of amides is 1. The SMILES string of the molecule is CCN1CCN(C(=O)c2nc3c4c5c(sc4ncn3n2)C[C@H](C(C)(C)C)CC5)CC1. The molecule has 1 atom stereocenters. The molecule has 0 N–H and O–H groups in total. The highest BCUT2D eigenvalue weighted by Gasteiger charge is 2.32. The van der Waals surface area contributed by atoms with Crippen molar-refractivity contribution in [1.29, 1.82) is 0 Å². The Hall–Kier alpha value is -2.06. The molecule has 1 aliphatic carbocycles. The van der Waals surface area contributed by atoms with Crippen molar-refractivity contribution in [1.82, 2.24) is 29.4 Å². The molecule has 0 radical (unpaired) electrons. The minimum absolute atomic E-state index is 0.0699. The molecular weight excluding hydrogens is 396 g/mol. The van der Waals surface area contributed by atoms with Crippen LogP contribution in [0.1, 0.15) is 55.2 Å². The Bertz CT molecular complexity index is 1100. The van der Waals surface area contributed by atoms with Crippen molar-refractivity contribution in [2.45, 2.75) is 47.0 Å². The Morgan fingerprint density at radius 1 is 1.23 bits per heavy atom. The maximum Gasteiger partial charge on any atom is 0.293 e. The van der Waals surface area contributed by atoms with Crippen molar-refractivity contribution < 1.29 is 4.79 Å². The lowest BCUT2D eigenvalue weighted by Crippen LogP contribution is -2.48. The first-order chi connectivity index (χ1) is 14.3. The predicted octanol–water partition coefficient (Wildman–Crippen LogP) is 3.27. The Balaban J connectivity index is 1.49. The summed E-state index contributed by atoms with van der Waals surface area (Å²) in [5, 5.41) is 5.61. The zero-order valence-electron chi connectivity index (χ0n) is 18.3. The first-order valence-corrected chi connectivity index (χ1v) is 11.8. The van der Waals surface area contributed by atoms with E-state index >= 15 is 0 Å². The number of likely N-dealkylation sites (N-methyl/N-ethyl adjacent to an activating group) is 1. The molecule has 2 aliphatic rings. The van der Waals surface area contributed by atoms with E-state index < -0.39 is 0 Å². The van der Waals surface area contributed by atoms with Crippen LogP contribution < -0.4 is 0 Å². The molecule has 8 heteroatoms. The molecular formula is C22H30N6OS. The van der Waals surface area contributed by atoms with Gasteiger partial charge in [-0.05, 0) is 42.7 Å². The molecule has 7 nitrogen and oxygen atoms in total. The summed E-state index contributed by atoms with van der Waals surface area (Å²) < 4.78 is 1.70. The summed E-state index contributed by atoms with van der Waals surface area (Å²) in [6, 6.07) is 0. The highest BCUT2D eigenvalue weighted by molar-refractivity contribution is 7.19. The van der Waals surface area contributed by atoms with Gasteiger partial charge in [0.15, 0.2) is 5.65 Å². The number of carbonyl (C=O) groups is 1. The third kappa shape index (κ3) is 3.30. The molecule has 1 fully saturated rings. The highest BCUT2D eigenvalue weighted by atomic mass is 32.1. The number of fused-ring (bicyclic) bond motifs is 5. The maximum atomic E-state index is 13.0. The van der Waals surface area contributed by atoms with E-state index in [1.165, 1.54) is 16.9 Å². The summed E-state index contributed by atoms with van der Waals surface area (Å²) in [6.07, 6.45) is 5.05. The number of aromatic nitrogens is 4. The van der Waals surface area contributed by atoms with Crippen LogP contribution in [0.2, 0.25) is 0 Å². The van der Waals surface area contributed by atoms with E-state index in [-0.39, 0.29) is 11.7 Å². The van der Waals surface area contributed by atoms with Crippen molar-refractivity contribution in [2.24, 2.45) is 11.3 Å². The predicted molar refractivity (Wildman–Crippen MR) is 119 cm³/mol. The maximum absolute atomic E-state index is 13.0. The van der Waals surface area contributed by atoms with Crippen LogP contribution in [0.5, 0.6) is 0 Å². The molecule has 1 aliphatic heterocycles. The van der Waals surface area contributed by atoms with E-state index in [2.05, 4.69) is 42.7 Å². The summed E-state index contributed by atoms with van der Waals surface area (Å²) in [4.78, 5) is 29.1. The number of piperazine rings is 1. The summed E-state index contributed by atoms with van der Waals surface area (Å²) in [5.74, 6) is 0.906. The van der Waals surface area contributed by atoms with E-state index in [9.17, 15) is 4.79 Å². The van der Waals surface area contributed by atoms with Crippen molar-refractivity contribution >= 4 is 33.1 Å². The van der Waals surface area contributed by atoms with E-state index in [0.29, 0.717) is 11.3 Å². The fourth-order valence-electron chi connectivity index (χ4n) is 4.81. The molecule has 0 spiro atoms. The molecule has 0 bridgehead atoms. The number of hydrogen-bond acceptors (Lipinski definition) is 6. The van der Waals surface area contributed by atoms with E-state index in [1.54, 1.807) is 22.2 Å². The van der Waals surface area contributed by atoms with Gasteiger partial charge < -0.3 is 9.80 Å². The zero-order valence-corrected chi connectivity index (χ0v) is 19.1. The van der Waals surface area contributed by atoms with Gasteiger partial charge in [-0.2, -0.15) is 0 Å². The van der Waals surface area contributed by atoms with E-state index in [1.807, 2.05) is 4.90 Å². The van der Waals surface area contributed by atoms with Gasteiger partial charge in [0, 0.05) is 31.1 Å². The average molecular weight is 427 g/mol. The molecule has 1 amide bonds. The first kappa shape index (κ1) is 19.9. The van der Waals surface area contributed by atoms with Crippen LogP contribution in [0.3, 0.4) is 0 Å². The second kappa shape index (κ2) is 7.27. The molecule has 30 heavy (non-hydrogen) atoms. The number of hydrogen-bond donors (Lipinski definition) is 0. The molecule has 5 rings (SSSR count). The lowest BCUT2D eigenvalue weighted by molar-refractivity contribution is 0.0631. The molecule has 1 saturated heterocycles. The summed E-state index contributed by atoms with van der Waals surface area (Å²) in [6.45, 7) is 13.5. The van der Waals surface area contributed by atoms with Gasteiger partial charge in [0.2, 0.25) is 5.82 Å². The van der Waals surface area contributed by atoms with Crippen LogP contribution in [0.25, 0.3) is 15.9 Å². The summed E-state index contributed by atoms with van der Waals surface area (Å²) in [7, 11) is 0. The van der Waals surface area contributed by atoms with Gasteiger partial charge in [-0.25, -0.2) is 14.5 Å². The van der Waals surface area contributed by atoms with E-state index in [4.69, 9.17) is 4.98 Å². The van der Waals surface area contributed by atoms with Crippen LogP contribution in [0.4, 0.5) is 0 Å². The molecule has 0 saturated carbocycles. The van der Waals surface area contributed by atoms with Crippen LogP contribution >= 0.6 is 11.3 Å². The van der Waals surface area contributed by atoms with Gasteiger partial charge in [-0.3, -0.25) is 4.79 Å². The third-order valence-electron chi connectivity index (χ3n) is 6.91.